The molecule has 3 nitrogen and oxygen atoms in total. The van der Waals surface area contributed by atoms with Gasteiger partial charge in [0.1, 0.15) is 6.61 Å². The first-order valence-corrected chi connectivity index (χ1v) is 4.29. The van der Waals surface area contributed by atoms with Gasteiger partial charge in [-0.1, -0.05) is 0 Å². The van der Waals surface area contributed by atoms with Crippen molar-refractivity contribution >= 4 is 0 Å². The lowest BCUT2D eigenvalue weighted by Gasteiger charge is -2.18. The maximum Gasteiger partial charge on any atom is 0.282 e. The minimum absolute atomic E-state index is 0.322. The van der Waals surface area contributed by atoms with Gasteiger partial charge in [-0.25, -0.2) is 8.78 Å². The van der Waals surface area contributed by atoms with Gasteiger partial charge in [0.05, 0.1) is 19.3 Å². The molecule has 2 N–H and O–H groups in total. The zero-order valence-corrected chi connectivity index (χ0v) is 8.06. The molecule has 0 bridgehead atoms. The van der Waals surface area contributed by atoms with Gasteiger partial charge in [0, 0.05) is 6.61 Å². The molecule has 0 amide bonds. The van der Waals surface area contributed by atoms with E-state index in [9.17, 15) is 8.78 Å². The van der Waals surface area contributed by atoms with Gasteiger partial charge in [-0.2, -0.15) is 0 Å². The number of alkyl halides is 2. The summed E-state index contributed by atoms with van der Waals surface area (Å²) in [5.74, 6) is -2.93. The zero-order valence-electron chi connectivity index (χ0n) is 8.06. The Kier molecular flexibility index (Phi) is 6.11. The predicted molar refractivity (Wildman–Crippen MR) is 45.9 cm³/mol. The molecule has 0 radical (unpaired) electrons. The van der Waals surface area contributed by atoms with Crippen LogP contribution in [-0.2, 0) is 9.47 Å². The Morgan fingerprint density at radius 2 is 2.08 bits per heavy atom. The molecule has 0 aromatic carbocycles. The molecule has 0 heterocycles. The number of nitrogens with two attached hydrogens (primary N) is 1. The molecule has 1 atom stereocenters. The second kappa shape index (κ2) is 6.23. The molecule has 0 saturated heterocycles. The van der Waals surface area contributed by atoms with Crippen molar-refractivity contribution in [2.24, 2.45) is 5.73 Å². The van der Waals surface area contributed by atoms with Crippen LogP contribution in [0.15, 0.2) is 0 Å². The highest BCUT2D eigenvalue weighted by molar-refractivity contribution is 4.66. The van der Waals surface area contributed by atoms with E-state index in [1.165, 1.54) is 0 Å². The molecule has 1 unspecified atom stereocenters. The van der Waals surface area contributed by atoms with Gasteiger partial charge in [-0.05, 0) is 13.8 Å². The van der Waals surface area contributed by atoms with Crippen molar-refractivity contribution in [3.8, 4) is 0 Å². The molecular weight excluding hydrogens is 180 g/mol. The van der Waals surface area contributed by atoms with E-state index in [0.29, 0.717) is 13.2 Å². The highest BCUT2D eigenvalue weighted by Gasteiger charge is 2.27. The molecule has 0 aliphatic carbocycles. The first-order valence-electron chi connectivity index (χ1n) is 4.29. The first kappa shape index (κ1) is 12.7. The van der Waals surface area contributed by atoms with E-state index in [1.54, 1.807) is 6.92 Å². The van der Waals surface area contributed by atoms with Crippen LogP contribution in [0, 0.1) is 0 Å². The highest BCUT2D eigenvalue weighted by atomic mass is 19.3. The summed E-state index contributed by atoms with van der Waals surface area (Å²) in [4.78, 5) is 0. The smallest absolute Gasteiger partial charge is 0.282 e. The lowest BCUT2D eigenvalue weighted by atomic mass is 10.3. The fourth-order valence-electron chi connectivity index (χ4n) is 0.655. The second-order valence-corrected chi connectivity index (χ2v) is 2.84. The number of halogens is 2. The average molecular weight is 197 g/mol. The highest BCUT2D eigenvalue weighted by Crippen LogP contribution is 2.12. The summed E-state index contributed by atoms with van der Waals surface area (Å²) >= 11 is 0. The Labute approximate surface area is 77.2 Å². The molecule has 0 aromatic rings. The topological polar surface area (TPSA) is 44.5 Å². The van der Waals surface area contributed by atoms with E-state index in [1.807, 2.05) is 6.92 Å². The van der Waals surface area contributed by atoms with Gasteiger partial charge < -0.3 is 15.2 Å². The Bertz CT molecular complexity index is 133. The Morgan fingerprint density at radius 3 is 2.54 bits per heavy atom. The standard InChI is InChI=1S/C8H17F2NO2/c1-3-12-4-7(2)13-6-8(9,10)5-11/h7H,3-6,11H2,1-2H3. The molecule has 0 aliphatic rings. The lowest BCUT2D eigenvalue weighted by molar-refractivity contribution is -0.103. The number of rotatable bonds is 7. The van der Waals surface area contributed by atoms with Crippen LogP contribution in [0.4, 0.5) is 8.78 Å². The van der Waals surface area contributed by atoms with Gasteiger partial charge in [0.25, 0.3) is 5.92 Å². The third-order valence-corrected chi connectivity index (χ3v) is 1.43. The van der Waals surface area contributed by atoms with Crippen molar-refractivity contribution in [1.29, 1.82) is 0 Å². The van der Waals surface area contributed by atoms with E-state index < -0.39 is 19.1 Å². The monoisotopic (exact) mass is 197 g/mol. The van der Waals surface area contributed by atoms with Crippen LogP contribution in [0.2, 0.25) is 0 Å². The van der Waals surface area contributed by atoms with Crippen molar-refractivity contribution in [3.05, 3.63) is 0 Å². The normalized spacial score (nSPS) is 14.5. The summed E-state index contributed by atoms with van der Waals surface area (Å²) in [7, 11) is 0. The summed E-state index contributed by atoms with van der Waals surface area (Å²) in [5.41, 5.74) is 4.83. The predicted octanol–water partition coefficient (Wildman–Crippen LogP) is 1.02. The molecule has 0 fully saturated rings. The van der Waals surface area contributed by atoms with Crippen LogP contribution in [0.3, 0.4) is 0 Å². The maximum absolute atomic E-state index is 12.5. The van der Waals surface area contributed by atoms with Gasteiger partial charge in [-0.15, -0.1) is 0 Å². The SMILES string of the molecule is CCOCC(C)OCC(F)(F)CN. The summed E-state index contributed by atoms with van der Waals surface area (Å²) in [5, 5.41) is 0. The fraction of sp³-hybridized carbons (Fsp3) is 1.00. The van der Waals surface area contributed by atoms with Crippen LogP contribution >= 0.6 is 0 Å². The lowest BCUT2D eigenvalue weighted by Crippen LogP contribution is -2.35. The fourth-order valence-corrected chi connectivity index (χ4v) is 0.655. The van der Waals surface area contributed by atoms with Crippen LogP contribution in [-0.4, -0.2) is 38.4 Å². The largest absolute Gasteiger partial charge is 0.379 e. The van der Waals surface area contributed by atoms with Gasteiger partial charge >= 0.3 is 0 Å². The molecule has 0 aliphatic heterocycles. The number of hydrogen-bond acceptors (Lipinski definition) is 3. The van der Waals surface area contributed by atoms with E-state index >= 15 is 0 Å². The summed E-state index contributed by atoms with van der Waals surface area (Å²) in [6, 6.07) is 0. The average Bonchev–Trinajstić information content (AvgIpc) is 2.11. The molecule has 0 saturated carbocycles. The molecule has 13 heavy (non-hydrogen) atoms. The van der Waals surface area contributed by atoms with Crippen molar-refractivity contribution in [3.63, 3.8) is 0 Å². The summed E-state index contributed by atoms with van der Waals surface area (Å²) in [6.07, 6.45) is -0.322. The van der Waals surface area contributed by atoms with Crippen LogP contribution in [0.1, 0.15) is 13.8 Å². The van der Waals surface area contributed by atoms with Gasteiger partial charge in [-0.3, -0.25) is 0 Å². The molecular formula is C8H17F2NO2. The maximum atomic E-state index is 12.5. The van der Waals surface area contributed by atoms with Crippen LogP contribution in [0.5, 0.6) is 0 Å². The van der Waals surface area contributed by atoms with E-state index in [4.69, 9.17) is 15.2 Å². The van der Waals surface area contributed by atoms with E-state index in [0.717, 1.165) is 0 Å². The van der Waals surface area contributed by atoms with E-state index in [-0.39, 0.29) is 6.10 Å². The molecule has 0 rings (SSSR count). The minimum atomic E-state index is -2.93. The van der Waals surface area contributed by atoms with Crippen molar-refractivity contribution in [2.45, 2.75) is 25.9 Å². The Balaban J connectivity index is 3.51. The minimum Gasteiger partial charge on any atom is -0.379 e. The molecule has 5 heteroatoms. The zero-order chi connectivity index (χ0) is 10.3. The van der Waals surface area contributed by atoms with Crippen LogP contribution in [0.25, 0.3) is 0 Å². The summed E-state index contributed by atoms with van der Waals surface area (Å²) < 4.78 is 34.9. The van der Waals surface area contributed by atoms with E-state index in [2.05, 4.69) is 0 Å². The van der Waals surface area contributed by atoms with Crippen molar-refractivity contribution in [1.82, 2.24) is 0 Å². The molecule has 0 spiro atoms. The van der Waals surface area contributed by atoms with Crippen molar-refractivity contribution < 1.29 is 18.3 Å². The van der Waals surface area contributed by atoms with Crippen LogP contribution < -0.4 is 5.73 Å². The Morgan fingerprint density at radius 1 is 1.46 bits per heavy atom. The quantitative estimate of drug-likeness (QED) is 0.662. The Hall–Kier alpha value is -0.260. The van der Waals surface area contributed by atoms with Gasteiger partial charge in [0.15, 0.2) is 0 Å². The second-order valence-electron chi connectivity index (χ2n) is 2.84. The third-order valence-electron chi connectivity index (χ3n) is 1.43. The van der Waals surface area contributed by atoms with Gasteiger partial charge in [0.2, 0.25) is 0 Å². The van der Waals surface area contributed by atoms with Crippen molar-refractivity contribution in [2.75, 3.05) is 26.4 Å². The number of hydrogen-bond donors (Lipinski definition) is 1. The first-order chi connectivity index (χ1) is 6.02. The third kappa shape index (κ3) is 6.86. The summed E-state index contributed by atoms with van der Waals surface area (Å²) in [6.45, 7) is 3.08. The molecule has 80 valence electrons. The molecule has 0 aromatic heterocycles. The number of ether oxygens (including phenoxy) is 2.